The van der Waals surface area contributed by atoms with Crippen LogP contribution < -0.4 is 16.4 Å². The van der Waals surface area contributed by atoms with Crippen molar-refractivity contribution in [2.45, 2.75) is 13.0 Å². The minimum atomic E-state index is 0.0715. The molecule has 0 aliphatic carbocycles. The minimum Gasteiger partial charge on any atom is -0.399 e. The van der Waals surface area contributed by atoms with Gasteiger partial charge < -0.3 is 16.4 Å². The first-order valence-electron chi connectivity index (χ1n) is 11.4. The van der Waals surface area contributed by atoms with Crippen LogP contribution in [0.15, 0.2) is 121 Å². The Morgan fingerprint density at radius 3 is 2.62 bits per heavy atom. The van der Waals surface area contributed by atoms with Gasteiger partial charge in [0.1, 0.15) is 0 Å². The van der Waals surface area contributed by atoms with Crippen LogP contribution in [0.1, 0.15) is 29.8 Å². The fraction of sp³-hybridized carbons (Fsp3) is 0.100. The number of nitrogens with zero attached hydrogens (tertiary/aromatic N) is 1. The second-order valence-electron chi connectivity index (χ2n) is 8.04. The number of nitrogens with one attached hydrogen (secondary N) is 2. The second-order valence-corrected chi connectivity index (χ2v) is 8.04. The third-order valence-corrected chi connectivity index (χ3v) is 5.70. The third-order valence-electron chi connectivity index (χ3n) is 5.70. The van der Waals surface area contributed by atoms with E-state index >= 15 is 0 Å². The lowest BCUT2D eigenvalue weighted by Crippen LogP contribution is -2.18. The van der Waals surface area contributed by atoms with Crippen molar-refractivity contribution in [3.8, 4) is 0 Å². The number of hydrogen-bond donors (Lipinski definition) is 3. The van der Waals surface area contributed by atoms with Gasteiger partial charge in [0.15, 0.2) is 0 Å². The van der Waals surface area contributed by atoms with Crippen LogP contribution in [0, 0.1) is 0 Å². The molecule has 4 nitrogen and oxygen atoms in total. The Morgan fingerprint density at radius 1 is 1.03 bits per heavy atom. The quantitative estimate of drug-likeness (QED) is 0.285. The van der Waals surface area contributed by atoms with Crippen molar-refractivity contribution in [1.29, 1.82) is 0 Å². The predicted molar refractivity (Wildman–Crippen MR) is 145 cm³/mol. The van der Waals surface area contributed by atoms with Gasteiger partial charge in [0.2, 0.25) is 0 Å². The van der Waals surface area contributed by atoms with E-state index in [1.807, 2.05) is 49.6 Å². The van der Waals surface area contributed by atoms with Crippen molar-refractivity contribution < 1.29 is 0 Å². The van der Waals surface area contributed by atoms with Crippen LogP contribution in [0.5, 0.6) is 0 Å². The molecule has 1 unspecified atom stereocenters. The van der Waals surface area contributed by atoms with E-state index in [1.165, 1.54) is 0 Å². The summed E-state index contributed by atoms with van der Waals surface area (Å²) in [5, 5.41) is 6.71. The molecule has 4 heteroatoms. The van der Waals surface area contributed by atoms with Crippen molar-refractivity contribution in [2.75, 3.05) is 18.1 Å². The largest absolute Gasteiger partial charge is 0.399 e. The van der Waals surface area contributed by atoms with Gasteiger partial charge in [-0.2, -0.15) is 0 Å². The molecule has 4 rings (SSSR count). The molecule has 0 radical (unpaired) electrons. The molecule has 0 saturated heterocycles. The molecule has 0 saturated carbocycles. The van der Waals surface area contributed by atoms with Gasteiger partial charge in [-0.1, -0.05) is 60.7 Å². The van der Waals surface area contributed by atoms with Crippen LogP contribution in [0.2, 0.25) is 0 Å². The van der Waals surface area contributed by atoms with Crippen LogP contribution in [0.4, 0.5) is 11.4 Å². The van der Waals surface area contributed by atoms with Crippen LogP contribution in [0.3, 0.4) is 0 Å². The fourth-order valence-electron chi connectivity index (χ4n) is 3.84. The van der Waals surface area contributed by atoms with Gasteiger partial charge in [0.25, 0.3) is 0 Å². The van der Waals surface area contributed by atoms with Gasteiger partial charge in [-0.15, -0.1) is 0 Å². The molecule has 0 amide bonds. The number of nitrogens with two attached hydrogens (primary N) is 1. The summed E-state index contributed by atoms with van der Waals surface area (Å²) >= 11 is 0. The first-order chi connectivity index (χ1) is 16.7. The van der Waals surface area contributed by atoms with Crippen LogP contribution in [0.25, 0.3) is 11.6 Å². The van der Waals surface area contributed by atoms with E-state index in [-0.39, 0.29) is 6.04 Å². The van der Waals surface area contributed by atoms with E-state index < -0.39 is 0 Å². The SMILES string of the molecule is C\C=C(/C=C(\C=C\c1cccc(N)c1)c1cccc(NC)c1)C1=CNC(c2ccccn2)C=C1. The third kappa shape index (κ3) is 5.73. The molecule has 1 aliphatic rings. The lowest BCUT2D eigenvalue weighted by Gasteiger charge is -2.19. The van der Waals surface area contributed by atoms with Crippen LogP contribution >= 0.6 is 0 Å². The molecular formula is C30H30N4. The Hall–Kier alpha value is -4.31. The molecule has 2 heterocycles. The smallest absolute Gasteiger partial charge is 0.0868 e. The van der Waals surface area contributed by atoms with Crippen LogP contribution in [-0.2, 0) is 0 Å². The monoisotopic (exact) mass is 446 g/mol. The van der Waals surface area contributed by atoms with Crippen molar-refractivity contribution in [1.82, 2.24) is 10.3 Å². The molecule has 170 valence electrons. The van der Waals surface area contributed by atoms with Crippen molar-refractivity contribution in [3.63, 3.8) is 0 Å². The number of dihydropyridines is 1. The number of nitrogen functional groups attached to an aromatic ring is 1. The second kappa shape index (κ2) is 11.0. The van der Waals surface area contributed by atoms with Crippen molar-refractivity contribution in [2.24, 2.45) is 0 Å². The van der Waals surface area contributed by atoms with Gasteiger partial charge in [0, 0.05) is 30.8 Å². The molecule has 1 aromatic heterocycles. The molecule has 0 spiro atoms. The normalized spacial score (nSPS) is 16.3. The van der Waals surface area contributed by atoms with E-state index in [0.717, 1.165) is 44.9 Å². The molecule has 0 fully saturated rings. The standard InChI is InChI=1S/C30H30N4/c1-3-23(26-15-16-30(34-21-26)29-12-4-5-17-33-29)19-25(24-9-7-11-28(20-24)32-2)14-13-22-8-6-10-27(31)18-22/h3-21,30,32,34H,31H2,1-2H3/b14-13+,23-3+,25-19+. The average molecular weight is 447 g/mol. The zero-order valence-corrected chi connectivity index (χ0v) is 19.6. The first-order valence-corrected chi connectivity index (χ1v) is 11.4. The molecule has 0 bridgehead atoms. The van der Waals surface area contributed by atoms with Crippen LogP contribution in [-0.4, -0.2) is 12.0 Å². The fourth-order valence-corrected chi connectivity index (χ4v) is 3.84. The maximum atomic E-state index is 5.97. The van der Waals surface area contributed by atoms with Gasteiger partial charge in [-0.3, -0.25) is 4.98 Å². The predicted octanol–water partition coefficient (Wildman–Crippen LogP) is 6.53. The van der Waals surface area contributed by atoms with Crippen molar-refractivity contribution in [3.05, 3.63) is 137 Å². The van der Waals surface area contributed by atoms with Gasteiger partial charge in [-0.05, 0) is 77.2 Å². The van der Waals surface area contributed by atoms with Gasteiger partial charge >= 0.3 is 0 Å². The Balaban J connectivity index is 1.65. The number of benzene rings is 2. The summed E-state index contributed by atoms with van der Waals surface area (Å²) in [5.74, 6) is 0. The van der Waals surface area contributed by atoms with E-state index in [2.05, 4.69) is 95.5 Å². The maximum absolute atomic E-state index is 5.97. The molecule has 2 aromatic carbocycles. The summed E-state index contributed by atoms with van der Waals surface area (Å²) in [6.45, 7) is 2.06. The zero-order valence-electron chi connectivity index (χ0n) is 19.6. The zero-order chi connectivity index (χ0) is 23.8. The maximum Gasteiger partial charge on any atom is 0.0868 e. The van der Waals surface area contributed by atoms with Gasteiger partial charge in [0.05, 0.1) is 11.7 Å². The number of rotatable bonds is 7. The van der Waals surface area contributed by atoms with E-state index in [0.29, 0.717) is 0 Å². The van der Waals surface area contributed by atoms with E-state index in [1.54, 1.807) is 0 Å². The molecule has 1 aliphatic heterocycles. The van der Waals surface area contributed by atoms with Gasteiger partial charge in [-0.25, -0.2) is 0 Å². The summed E-state index contributed by atoms with van der Waals surface area (Å²) in [5.41, 5.74) is 14.3. The Labute approximate surface area is 201 Å². The van der Waals surface area contributed by atoms with E-state index in [9.17, 15) is 0 Å². The van der Waals surface area contributed by atoms with E-state index in [4.69, 9.17) is 5.73 Å². The number of hydrogen-bond acceptors (Lipinski definition) is 4. The molecule has 4 N–H and O–H groups in total. The number of anilines is 2. The molecule has 3 aromatic rings. The highest BCUT2D eigenvalue weighted by Crippen LogP contribution is 2.27. The highest BCUT2D eigenvalue weighted by molar-refractivity contribution is 5.83. The number of pyridine rings is 1. The topological polar surface area (TPSA) is 63.0 Å². The summed E-state index contributed by atoms with van der Waals surface area (Å²) in [6.07, 6.45) is 16.8. The molecule has 1 atom stereocenters. The Morgan fingerprint density at radius 2 is 1.91 bits per heavy atom. The average Bonchev–Trinajstić information content (AvgIpc) is 2.89. The van der Waals surface area contributed by atoms with Crippen molar-refractivity contribution >= 4 is 23.0 Å². The highest BCUT2D eigenvalue weighted by atomic mass is 14.9. The highest BCUT2D eigenvalue weighted by Gasteiger charge is 2.13. The summed E-state index contributed by atoms with van der Waals surface area (Å²) in [4.78, 5) is 4.46. The molecular weight excluding hydrogens is 416 g/mol. The summed E-state index contributed by atoms with van der Waals surface area (Å²) in [6, 6.07) is 22.4. The number of aromatic nitrogens is 1. The Bertz CT molecular complexity index is 1280. The minimum absolute atomic E-state index is 0.0715. The summed E-state index contributed by atoms with van der Waals surface area (Å²) in [7, 11) is 1.93. The number of allylic oxidation sites excluding steroid dienone is 7. The Kier molecular flexibility index (Phi) is 7.41. The first kappa shape index (κ1) is 22.9. The summed E-state index contributed by atoms with van der Waals surface area (Å²) < 4.78 is 0. The molecule has 34 heavy (non-hydrogen) atoms. The lowest BCUT2D eigenvalue weighted by molar-refractivity contribution is 0.716. The lowest BCUT2D eigenvalue weighted by atomic mass is 9.95.